The van der Waals surface area contributed by atoms with Crippen LogP contribution in [0.4, 0.5) is 0 Å². The predicted molar refractivity (Wildman–Crippen MR) is 103 cm³/mol. The summed E-state index contributed by atoms with van der Waals surface area (Å²) in [7, 11) is -3.65. The standard InChI is InChI=1S/C19H25N3O4S/c1-15(2)26-18-4-6-19(7-5-18)27(24,25)21-12-13-22(16(3)23)14-17-8-10-20-11-9-17/h4-11,15,21H,12-14H2,1-3H3. The summed E-state index contributed by atoms with van der Waals surface area (Å²) in [6.45, 7) is 6.06. The van der Waals surface area contributed by atoms with E-state index in [0.717, 1.165) is 5.56 Å². The number of hydrogen-bond donors (Lipinski definition) is 1. The molecule has 1 aromatic heterocycles. The molecule has 2 aromatic rings. The Bertz CT molecular complexity index is 837. The van der Waals surface area contributed by atoms with Crippen LogP contribution in [0.1, 0.15) is 26.3 Å². The van der Waals surface area contributed by atoms with Gasteiger partial charge < -0.3 is 9.64 Å². The number of nitrogens with one attached hydrogen (secondary N) is 1. The summed E-state index contributed by atoms with van der Waals surface area (Å²) in [6, 6.07) is 9.89. The van der Waals surface area contributed by atoms with E-state index in [1.54, 1.807) is 29.4 Å². The molecule has 0 aliphatic heterocycles. The third-order valence-corrected chi connectivity index (χ3v) is 5.22. The van der Waals surface area contributed by atoms with Gasteiger partial charge in [-0.3, -0.25) is 9.78 Å². The summed E-state index contributed by atoms with van der Waals surface area (Å²) in [5.41, 5.74) is 0.934. The zero-order valence-electron chi connectivity index (χ0n) is 15.8. The fraction of sp³-hybridized carbons (Fsp3) is 0.368. The molecule has 0 bridgehead atoms. The second-order valence-corrected chi connectivity index (χ2v) is 8.10. The molecule has 27 heavy (non-hydrogen) atoms. The minimum Gasteiger partial charge on any atom is -0.491 e. The first kappa shape index (κ1) is 20.9. The molecule has 2 rings (SSSR count). The van der Waals surface area contributed by atoms with Gasteiger partial charge in [0.2, 0.25) is 15.9 Å². The molecule has 146 valence electrons. The molecule has 8 heteroatoms. The number of rotatable bonds is 9. The molecule has 1 amide bonds. The summed E-state index contributed by atoms with van der Waals surface area (Å²) in [5, 5.41) is 0. The topological polar surface area (TPSA) is 88.6 Å². The van der Waals surface area contributed by atoms with Gasteiger partial charge in [-0.2, -0.15) is 0 Å². The van der Waals surface area contributed by atoms with Crippen LogP contribution >= 0.6 is 0 Å². The molecule has 1 aromatic carbocycles. The summed E-state index contributed by atoms with van der Waals surface area (Å²) >= 11 is 0. The monoisotopic (exact) mass is 391 g/mol. The van der Waals surface area contributed by atoms with Gasteiger partial charge in [-0.15, -0.1) is 0 Å². The average Bonchev–Trinajstić information content (AvgIpc) is 2.61. The number of carbonyl (C=O) groups excluding carboxylic acids is 1. The van der Waals surface area contributed by atoms with E-state index in [9.17, 15) is 13.2 Å². The number of benzene rings is 1. The zero-order valence-corrected chi connectivity index (χ0v) is 16.6. The van der Waals surface area contributed by atoms with Crippen LogP contribution in [0.5, 0.6) is 5.75 Å². The summed E-state index contributed by atoms with van der Waals surface area (Å²) in [5.74, 6) is 0.491. The molecule has 7 nitrogen and oxygen atoms in total. The van der Waals surface area contributed by atoms with Gasteiger partial charge in [0.05, 0.1) is 11.0 Å². The molecule has 0 fully saturated rings. The normalized spacial score (nSPS) is 11.4. The number of sulfonamides is 1. The van der Waals surface area contributed by atoms with E-state index < -0.39 is 10.0 Å². The molecular formula is C19H25N3O4S. The maximum atomic E-state index is 12.4. The second kappa shape index (κ2) is 9.48. The second-order valence-electron chi connectivity index (χ2n) is 6.33. The van der Waals surface area contributed by atoms with Crippen LogP contribution in [-0.2, 0) is 21.4 Å². The van der Waals surface area contributed by atoms with Crippen molar-refractivity contribution in [2.75, 3.05) is 13.1 Å². The first-order valence-corrected chi connectivity index (χ1v) is 10.2. The van der Waals surface area contributed by atoms with Crippen LogP contribution in [0.25, 0.3) is 0 Å². The lowest BCUT2D eigenvalue weighted by Gasteiger charge is -2.21. The van der Waals surface area contributed by atoms with Crippen molar-refractivity contribution in [1.82, 2.24) is 14.6 Å². The lowest BCUT2D eigenvalue weighted by molar-refractivity contribution is -0.129. The molecule has 0 atom stereocenters. The fourth-order valence-corrected chi connectivity index (χ4v) is 3.45. The summed E-state index contributed by atoms with van der Waals surface area (Å²) in [6.07, 6.45) is 3.33. The van der Waals surface area contributed by atoms with E-state index >= 15 is 0 Å². The van der Waals surface area contributed by atoms with Gasteiger partial charge in [0.15, 0.2) is 0 Å². The Kier molecular flexibility index (Phi) is 7.32. The first-order chi connectivity index (χ1) is 12.8. The molecule has 1 heterocycles. The van der Waals surface area contributed by atoms with E-state index in [2.05, 4.69) is 9.71 Å². The van der Waals surface area contributed by atoms with Crippen molar-refractivity contribution in [1.29, 1.82) is 0 Å². The molecule has 0 aliphatic carbocycles. The van der Waals surface area contributed by atoms with Gasteiger partial charge in [-0.1, -0.05) is 0 Å². The van der Waals surface area contributed by atoms with E-state index in [-0.39, 0.29) is 30.0 Å². The molecule has 0 aliphatic rings. The Labute approximate surface area is 160 Å². The average molecular weight is 391 g/mol. The maximum absolute atomic E-state index is 12.4. The Morgan fingerprint density at radius 3 is 2.33 bits per heavy atom. The summed E-state index contributed by atoms with van der Waals surface area (Å²) in [4.78, 5) is 17.5. The largest absolute Gasteiger partial charge is 0.491 e. The lowest BCUT2D eigenvalue weighted by atomic mass is 10.2. The molecule has 1 N–H and O–H groups in total. The van der Waals surface area contributed by atoms with E-state index in [4.69, 9.17) is 4.74 Å². The SMILES string of the molecule is CC(=O)N(CCNS(=O)(=O)c1ccc(OC(C)C)cc1)Cc1ccncc1. The number of hydrogen-bond acceptors (Lipinski definition) is 5. The third-order valence-electron chi connectivity index (χ3n) is 3.75. The van der Waals surface area contributed by atoms with Crippen molar-refractivity contribution < 1.29 is 17.9 Å². The lowest BCUT2D eigenvalue weighted by Crippen LogP contribution is -2.37. The van der Waals surface area contributed by atoms with Gasteiger partial charge >= 0.3 is 0 Å². The van der Waals surface area contributed by atoms with E-state index in [1.807, 2.05) is 26.0 Å². The minimum atomic E-state index is -3.65. The molecule has 0 saturated carbocycles. The molecular weight excluding hydrogens is 366 g/mol. The fourth-order valence-electron chi connectivity index (χ4n) is 2.42. The molecule has 0 unspecified atom stereocenters. The van der Waals surface area contributed by atoms with Crippen molar-refractivity contribution in [3.63, 3.8) is 0 Å². The van der Waals surface area contributed by atoms with Gasteiger partial charge in [0.25, 0.3) is 0 Å². The number of aromatic nitrogens is 1. The Morgan fingerprint density at radius 2 is 1.78 bits per heavy atom. The highest BCUT2D eigenvalue weighted by Crippen LogP contribution is 2.17. The highest BCUT2D eigenvalue weighted by Gasteiger charge is 2.16. The number of ether oxygens (including phenoxy) is 1. The van der Waals surface area contributed by atoms with Crippen LogP contribution < -0.4 is 9.46 Å². The summed E-state index contributed by atoms with van der Waals surface area (Å²) < 4.78 is 32.9. The highest BCUT2D eigenvalue weighted by molar-refractivity contribution is 7.89. The van der Waals surface area contributed by atoms with Crippen molar-refractivity contribution >= 4 is 15.9 Å². The van der Waals surface area contributed by atoms with Crippen molar-refractivity contribution in [2.45, 2.75) is 38.3 Å². The third kappa shape index (κ3) is 6.65. The first-order valence-electron chi connectivity index (χ1n) is 8.69. The van der Waals surface area contributed by atoms with Gasteiger partial charge in [-0.25, -0.2) is 13.1 Å². The Hall–Kier alpha value is -2.45. The van der Waals surface area contributed by atoms with Gasteiger partial charge in [0.1, 0.15) is 5.75 Å². The van der Waals surface area contributed by atoms with Crippen LogP contribution in [0, 0.1) is 0 Å². The highest BCUT2D eigenvalue weighted by atomic mass is 32.2. The van der Waals surface area contributed by atoms with Crippen LogP contribution in [0.3, 0.4) is 0 Å². The van der Waals surface area contributed by atoms with Gasteiger partial charge in [-0.05, 0) is 55.8 Å². The Morgan fingerprint density at radius 1 is 1.15 bits per heavy atom. The van der Waals surface area contributed by atoms with Crippen molar-refractivity contribution in [3.8, 4) is 5.75 Å². The molecule has 0 spiro atoms. The van der Waals surface area contributed by atoms with E-state index in [1.165, 1.54) is 19.1 Å². The Balaban J connectivity index is 1.94. The molecule has 0 radical (unpaired) electrons. The van der Waals surface area contributed by atoms with Crippen molar-refractivity contribution in [3.05, 3.63) is 54.4 Å². The number of nitrogens with zero attached hydrogens (tertiary/aromatic N) is 2. The van der Waals surface area contributed by atoms with Crippen molar-refractivity contribution in [2.24, 2.45) is 0 Å². The van der Waals surface area contributed by atoms with Crippen LogP contribution in [-0.4, -0.2) is 43.4 Å². The predicted octanol–water partition coefficient (Wildman–Crippen LogP) is 2.20. The number of amides is 1. The number of pyridine rings is 1. The van der Waals surface area contributed by atoms with Gasteiger partial charge in [0, 0.05) is 39.0 Å². The quantitative estimate of drug-likeness (QED) is 0.708. The number of carbonyl (C=O) groups is 1. The van der Waals surface area contributed by atoms with Crippen LogP contribution in [0.15, 0.2) is 53.7 Å². The zero-order chi connectivity index (χ0) is 19.9. The maximum Gasteiger partial charge on any atom is 0.240 e. The van der Waals surface area contributed by atoms with E-state index in [0.29, 0.717) is 12.3 Å². The smallest absolute Gasteiger partial charge is 0.240 e. The van der Waals surface area contributed by atoms with Crippen LogP contribution in [0.2, 0.25) is 0 Å². The molecule has 0 saturated heterocycles. The minimum absolute atomic E-state index is 0.0172.